The third-order valence-corrected chi connectivity index (χ3v) is 4.54. The van der Waals surface area contributed by atoms with Gasteiger partial charge in [-0.1, -0.05) is 42.5 Å². The van der Waals surface area contributed by atoms with Crippen molar-refractivity contribution < 1.29 is 0 Å². The first-order valence-electron chi connectivity index (χ1n) is 6.61. The summed E-state index contributed by atoms with van der Waals surface area (Å²) >= 11 is 7.32. The summed E-state index contributed by atoms with van der Waals surface area (Å²) in [4.78, 5) is 2.23. The number of hydrogen-bond donors (Lipinski definition) is 0. The van der Waals surface area contributed by atoms with Crippen molar-refractivity contribution >= 4 is 48.9 Å². The molecule has 0 atom stereocenters. The van der Waals surface area contributed by atoms with Crippen LogP contribution in [0.25, 0.3) is 0 Å². The monoisotopic (exact) mass is 401 g/mol. The van der Waals surface area contributed by atoms with Crippen LogP contribution < -0.4 is 4.90 Å². The molecule has 0 radical (unpaired) electrons. The summed E-state index contributed by atoms with van der Waals surface area (Å²) in [7, 11) is 0. The van der Waals surface area contributed by atoms with Crippen molar-refractivity contribution in [3.05, 3.63) is 87.8 Å². The SMILES string of the molecule is Brc1ccccc1N(c1ccccc1)c1ccccc1Br. The summed E-state index contributed by atoms with van der Waals surface area (Å²) in [5.41, 5.74) is 3.34. The molecule has 0 bridgehead atoms. The maximum atomic E-state index is 3.66. The van der Waals surface area contributed by atoms with Crippen LogP contribution >= 0.6 is 31.9 Å². The van der Waals surface area contributed by atoms with Gasteiger partial charge in [-0.2, -0.15) is 0 Å². The van der Waals surface area contributed by atoms with E-state index < -0.39 is 0 Å². The molecule has 0 aliphatic heterocycles. The van der Waals surface area contributed by atoms with Gasteiger partial charge in [0, 0.05) is 14.6 Å². The molecule has 0 aromatic heterocycles. The standard InChI is InChI=1S/C18H13Br2N/c19-15-10-4-6-12-17(15)21(14-8-2-1-3-9-14)18-13-7-5-11-16(18)20/h1-13H. The molecule has 0 unspecified atom stereocenters. The largest absolute Gasteiger partial charge is 0.308 e. The van der Waals surface area contributed by atoms with E-state index in [0.717, 1.165) is 26.0 Å². The molecule has 0 fully saturated rings. The molecular weight excluding hydrogens is 390 g/mol. The fourth-order valence-corrected chi connectivity index (χ4v) is 3.18. The summed E-state index contributed by atoms with van der Waals surface area (Å²) < 4.78 is 2.12. The Balaban J connectivity index is 2.22. The van der Waals surface area contributed by atoms with Crippen LogP contribution in [0.15, 0.2) is 87.8 Å². The van der Waals surface area contributed by atoms with E-state index in [0.29, 0.717) is 0 Å². The number of rotatable bonds is 3. The van der Waals surface area contributed by atoms with Gasteiger partial charge in [-0.05, 0) is 68.3 Å². The van der Waals surface area contributed by atoms with E-state index in [2.05, 4.69) is 85.3 Å². The minimum Gasteiger partial charge on any atom is -0.308 e. The van der Waals surface area contributed by atoms with Gasteiger partial charge in [0.15, 0.2) is 0 Å². The van der Waals surface area contributed by atoms with Gasteiger partial charge in [0.2, 0.25) is 0 Å². The van der Waals surface area contributed by atoms with Crippen molar-refractivity contribution in [2.75, 3.05) is 4.90 Å². The number of hydrogen-bond acceptors (Lipinski definition) is 1. The molecule has 0 amide bonds. The van der Waals surface area contributed by atoms with Crippen molar-refractivity contribution in [3.63, 3.8) is 0 Å². The number of nitrogens with zero attached hydrogens (tertiary/aromatic N) is 1. The first-order valence-corrected chi connectivity index (χ1v) is 8.20. The zero-order valence-corrected chi connectivity index (χ0v) is 14.4. The third kappa shape index (κ3) is 3.04. The first-order chi connectivity index (χ1) is 10.3. The molecule has 21 heavy (non-hydrogen) atoms. The molecule has 0 saturated heterocycles. The van der Waals surface area contributed by atoms with E-state index in [-0.39, 0.29) is 0 Å². The van der Waals surface area contributed by atoms with Crippen LogP contribution in [0.5, 0.6) is 0 Å². The quantitative estimate of drug-likeness (QED) is 0.472. The van der Waals surface area contributed by atoms with Crippen LogP contribution in [-0.4, -0.2) is 0 Å². The predicted octanol–water partition coefficient (Wildman–Crippen LogP) is 6.68. The van der Waals surface area contributed by atoms with E-state index >= 15 is 0 Å². The zero-order valence-electron chi connectivity index (χ0n) is 11.2. The summed E-state index contributed by atoms with van der Waals surface area (Å²) in [6.45, 7) is 0. The Kier molecular flexibility index (Phi) is 4.42. The van der Waals surface area contributed by atoms with Gasteiger partial charge in [0.05, 0.1) is 11.4 Å². The van der Waals surface area contributed by atoms with Gasteiger partial charge in [-0.3, -0.25) is 0 Å². The molecule has 0 spiro atoms. The van der Waals surface area contributed by atoms with Crippen molar-refractivity contribution in [1.82, 2.24) is 0 Å². The molecule has 1 nitrogen and oxygen atoms in total. The molecule has 3 heteroatoms. The highest BCUT2D eigenvalue weighted by Crippen LogP contribution is 2.41. The van der Waals surface area contributed by atoms with Gasteiger partial charge in [-0.25, -0.2) is 0 Å². The van der Waals surface area contributed by atoms with Crippen LogP contribution in [0.3, 0.4) is 0 Å². The highest BCUT2D eigenvalue weighted by atomic mass is 79.9. The number of anilines is 3. The Morgan fingerprint density at radius 3 is 1.43 bits per heavy atom. The summed E-state index contributed by atoms with van der Waals surface area (Å²) in [6, 6.07) is 26.8. The fraction of sp³-hybridized carbons (Fsp3) is 0. The Bertz CT molecular complexity index is 695. The second-order valence-electron chi connectivity index (χ2n) is 4.57. The average molecular weight is 403 g/mol. The maximum absolute atomic E-state index is 3.66. The van der Waals surface area contributed by atoms with Crippen molar-refractivity contribution in [1.29, 1.82) is 0 Å². The molecule has 3 aromatic carbocycles. The van der Waals surface area contributed by atoms with E-state index in [4.69, 9.17) is 0 Å². The molecule has 0 saturated carbocycles. The van der Waals surface area contributed by atoms with Gasteiger partial charge < -0.3 is 4.90 Å². The predicted molar refractivity (Wildman–Crippen MR) is 96.5 cm³/mol. The Morgan fingerprint density at radius 1 is 0.524 bits per heavy atom. The Morgan fingerprint density at radius 2 is 0.952 bits per heavy atom. The summed E-state index contributed by atoms with van der Waals surface area (Å²) in [5, 5.41) is 0. The molecule has 0 heterocycles. The van der Waals surface area contributed by atoms with Gasteiger partial charge in [-0.15, -0.1) is 0 Å². The minimum atomic E-state index is 1.06. The van der Waals surface area contributed by atoms with Crippen molar-refractivity contribution in [3.8, 4) is 0 Å². The fourth-order valence-electron chi connectivity index (χ4n) is 2.25. The summed E-state index contributed by atoms with van der Waals surface area (Å²) in [5.74, 6) is 0. The lowest BCUT2D eigenvalue weighted by molar-refractivity contribution is 1.26. The molecule has 0 N–H and O–H groups in total. The van der Waals surface area contributed by atoms with Gasteiger partial charge >= 0.3 is 0 Å². The normalized spacial score (nSPS) is 10.4. The van der Waals surface area contributed by atoms with Crippen molar-refractivity contribution in [2.45, 2.75) is 0 Å². The lowest BCUT2D eigenvalue weighted by Gasteiger charge is -2.27. The van der Waals surface area contributed by atoms with E-state index in [9.17, 15) is 0 Å². The van der Waals surface area contributed by atoms with Crippen LogP contribution in [0, 0.1) is 0 Å². The number of benzene rings is 3. The molecule has 104 valence electrons. The highest BCUT2D eigenvalue weighted by molar-refractivity contribution is 9.11. The Labute approximate surface area is 141 Å². The van der Waals surface area contributed by atoms with E-state index in [1.54, 1.807) is 0 Å². The van der Waals surface area contributed by atoms with Crippen molar-refractivity contribution in [2.24, 2.45) is 0 Å². The lowest BCUT2D eigenvalue weighted by atomic mass is 10.2. The molecule has 0 aliphatic carbocycles. The second kappa shape index (κ2) is 6.46. The van der Waals surface area contributed by atoms with Gasteiger partial charge in [0.25, 0.3) is 0 Å². The molecule has 3 aromatic rings. The number of para-hydroxylation sites is 3. The highest BCUT2D eigenvalue weighted by Gasteiger charge is 2.16. The smallest absolute Gasteiger partial charge is 0.0604 e. The zero-order chi connectivity index (χ0) is 14.7. The molecular formula is C18H13Br2N. The second-order valence-corrected chi connectivity index (χ2v) is 6.28. The molecule has 0 aliphatic rings. The number of halogens is 2. The van der Waals surface area contributed by atoms with Crippen LogP contribution in [0.4, 0.5) is 17.1 Å². The maximum Gasteiger partial charge on any atom is 0.0604 e. The topological polar surface area (TPSA) is 3.24 Å². The Hall–Kier alpha value is -1.58. The molecule has 3 rings (SSSR count). The minimum absolute atomic E-state index is 1.06. The van der Waals surface area contributed by atoms with Crippen LogP contribution in [0.1, 0.15) is 0 Å². The van der Waals surface area contributed by atoms with Crippen LogP contribution in [0.2, 0.25) is 0 Å². The van der Waals surface area contributed by atoms with Crippen LogP contribution in [-0.2, 0) is 0 Å². The summed E-state index contributed by atoms with van der Waals surface area (Å²) in [6.07, 6.45) is 0. The van der Waals surface area contributed by atoms with E-state index in [1.807, 2.05) is 30.3 Å². The lowest BCUT2D eigenvalue weighted by Crippen LogP contribution is -2.10. The van der Waals surface area contributed by atoms with Gasteiger partial charge in [0.1, 0.15) is 0 Å². The third-order valence-electron chi connectivity index (χ3n) is 3.20. The average Bonchev–Trinajstić information content (AvgIpc) is 2.52. The van der Waals surface area contributed by atoms with E-state index in [1.165, 1.54) is 0 Å². The first kappa shape index (κ1) is 14.4.